The number of halogens is 9. The van der Waals surface area contributed by atoms with E-state index in [0.717, 1.165) is 73.3 Å². The molecule has 21 nitrogen and oxygen atoms in total. The Morgan fingerprint density at radius 1 is 0.588 bits per heavy atom. The molecule has 97 heavy (non-hydrogen) atoms. The van der Waals surface area contributed by atoms with E-state index in [1.54, 1.807) is 80.8 Å². The molecule has 4 atom stereocenters. The maximum Gasteiger partial charge on any atom is 0.236 e. The number of likely N-dealkylation sites (N-methyl/N-ethyl adjacent to an activating group) is 1. The monoisotopic (exact) mass is 1470 g/mol. The second-order valence-electron chi connectivity index (χ2n) is 24.0. The first-order chi connectivity index (χ1) is 46.2. The van der Waals surface area contributed by atoms with E-state index in [-0.39, 0.29) is 66.7 Å². The molecule has 9 aromatic rings. The van der Waals surface area contributed by atoms with Crippen molar-refractivity contribution in [3.63, 3.8) is 0 Å². The molecule has 0 spiro atoms. The van der Waals surface area contributed by atoms with Gasteiger partial charge in [-0.15, -0.1) is 0 Å². The molecule has 3 aromatic carbocycles. The molecule has 6 aromatic heterocycles. The number of carbonyl (C=O) groups is 1. The van der Waals surface area contributed by atoms with Crippen LogP contribution in [0.1, 0.15) is 93.5 Å². The minimum atomic E-state index is -3.06. The molecule has 0 aliphatic carbocycles. The molecule has 9 heterocycles. The van der Waals surface area contributed by atoms with Gasteiger partial charge in [0.1, 0.15) is 35.8 Å². The van der Waals surface area contributed by atoms with Crippen LogP contribution in [0.15, 0.2) is 110 Å². The van der Waals surface area contributed by atoms with Crippen LogP contribution in [0.25, 0.3) is 33.4 Å². The number of amides is 1. The lowest BCUT2D eigenvalue weighted by molar-refractivity contribution is -0.138. The highest BCUT2D eigenvalue weighted by Crippen LogP contribution is 2.41. The van der Waals surface area contributed by atoms with Gasteiger partial charge in [-0.25, -0.2) is 36.5 Å². The van der Waals surface area contributed by atoms with Gasteiger partial charge < -0.3 is 46.5 Å². The number of nitrogens with one attached hydrogen (secondary N) is 1. The average Bonchev–Trinajstić information content (AvgIpc) is 1.82. The third-order valence-corrected chi connectivity index (χ3v) is 20.5. The van der Waals surface area contributed by atoms with E-state index in [0.29, 0.717) is 75.3 Å². The van der Waals surface area contributed by atoms with Crippen molar-refractivity contribution >= 4 is 103 Å². The van der Waals surface area contributed by atoms with E-state index in [1.165, 1.54) is 36.4 Å². The first-order valence-corrected chi connectivity index (χ1v) is 34.9. The van der Waals surface area contributed by atoms with Gasteiger partial charge in [0.15, 0.2) is 44.5 Å². The van der Waals surface area contributed by atoms with Gasteiger partial charge in [0.25, 0.3) is 0 Å². The molecule has 3 aliphatic heterocycles. The third-order valence-electron chi connectivity index (χ3n) is 16.6. The van der Waals surface area contributed by atoms with Crippen molar-refractivity contribution in [1.82, 2.24) is 59.4 Å². The van der Waals surface area contributed by atoms with Crippen LogP contribution in [0.3, 0.4) is 0 Å². The zero-order valence-electron chi connectivity index (χ0n) is 53.3. The number of nitrogen functional groups attached to an aromatic ring is 3. The number of benzene rings is 3. The van der Waals surface area contributed by atoms with E-state index in [4.69, 9.17) is 101 Å². The standard InChI is InChI=1S/C24H27Cl2FN6O2.C21H22Cl2FN5O.C21H21Cl2FN4O3S/c1-14(22-18(25)4-5-19(27)23(22)26)35-20-6-16(7-29-24(20)28)17-8-30-33(12-17)11-15-9-32(10-15)21(34)13-31(2)3;1-12(19-16(22)2-3-17(24)20(19)23)30-18-8-13(9-27-21(18)25)14-10-28-29(11-14)15-4-6-26-7-5-15;1-12(19-16(22)4-5-17(24)20(19)23)31-18-7-13(8-26-21(18)25)14-9-27-28(10-14)15-3-2-6-32(29,30)11-15/h4-8,12,14-15H,9-11,13H2,1-3H3,(H2,28,29);2-3,8-12,15,26H,4-7H2,1H3,(H2,25,27);4-5,7-10,12,15H,2-3,6,11H2,1H3,(H2,25,26). The number of piperidine rings is 1. The molecule has 7 N–H and O–H groups in total. The Hall–Kier alpha value is -7.59. The number of nitrogens with two attached hydrogens (primary N) is 3. The Bertz CT molecular complexity index is 4420. The van der Waals surface area contributed by atoms with Gasteiger partial charge in [0, 0.05) is 128 Å². The lowest BCUT2D eigenvalue weighted by Gasteiger charge is -2.39. The number of hydrogen-bond donors (Lipinski definition) is 4. The van der Waals surface area contributed by atoms with Crippen LogP contribution in [-0.4, -0.2) is 127 Å². The number of ether oxygens (including phenoxy) is 3. The molecule has 12 rings (SSSR count). The molecule has 514 valence electrons. The van der Waals surface area contributed by atoms with Crippen molar-refractivity contribution in [2.75, 3.05) is 75.5 Å². The second kappa shape index (κ2) is 31.5. The quantitative estimate of drug-likeness (QED) is 0.0582. The van der Waals surface area contributed by atoms with Crippen LogP contribution < -0.4 is 36.7 Å². The van der Waals surface area contributed by atoms with Crippen LogP contribution in [0.4, 0.5) is 30.6 Å². The molecule has 0 saturated carbocycles. The van der Waals surface area contributed by atoms with Gasteiger partial charge in [-0.1, -0.05) is 69.6 Å². The van der Waals surface area contributed by atoms with Gasteiger partial charge in [-0.3, -0.25) is 18.8 Å². The van der Waals surface area contributed by atoms with Gasteiger partial charge in [0.2, 0.25) is 5.91 Å². The van der Waals surface area contributed by atoms with Crippen LogP contribution >= 0.6 is 69.6 Å². The fourth-order valence-corrected chi connectivity index (χ4v) is 15.1. The number of anilines is 3. The molecule has 0 radical (unpaired) electrons. The summed E-state index contributed by atoms with van der Waals surface area (Å²) in [6.07, 6.45) is 17.3. The normalized spacial score (nSPS) is 16.5. The first-order valence-electron chi connectivity index (χ1n) is 30.8. The van der Waals surface area contributed by atoms with Gasteiger partial charge in [-0.2, -0.15) is 15.3 Å². The van der Waals surface area contributed by atoms with Gasteiger partial charge in [0.05, 0.1) is 63.8 Å². The number of hydrogen-bond acceptors (Lipinski definition) is 17. The smallest absolute Gasteiger partial charge is 0.236 e. The van der Waals surface area contributed by atoms with Crippen molar-refractivity contribution in [2.45, 2.75) is 83.4 Å². The maximum absolute atomic E-state index is 13.9. The van der Waals surface area contributed by atoms with E-state index >= 15 is 0 Å². The van der Waals surface area contributed by atoms with E-state index in [2.05, 4.69) is 35.6 Å². The minimum absolute atomic E-state index is 0.0686. The highest BCUT2D eigenvalue weighted by molar-refractivity contribution is 7.91. The third kappa shape index (κ3) is 17.6. The number of nitrogens with zero attached hydrogens (tertiary/aromatic N) is 11. The van der Waals surface area contributed by atoms with Crippen LogP contribution in [0, 0.1) is 23.4 Å². The summed E-state index contributed by atoms with van der Waals surface area (Å²) in [4.78, 5) is 28.5. The maximum atomic E-state index is 13.9. The molecule has 4 unspecified atom stereocenters. The number of aromatic nitrogens is 9. The van der Waals surface area contributed by atoms with Crippen LogP contribution in [-0.2, 0) is 21.2 Å². The highest BCUT2D eigenvalue weighted by atomic mass is 35.5. The number of likely N-dealkylation sites (tertiary alicyclic amines) is 1. The number of carbonyl (C=O) groups excluding carboxylic acids is 1. The second-order valence-corrected chi connectivity index (χ2v) is 28.6. The Kier molecular flexibility index (Phi) is 23.4. The van der Waals surface area contributed by atoms with Crippen molar-refractivity contribution in [2.24, 2.45) is 5.92 Å². The van der Waals surface area contributed by atoms with Crippen molar-refractivity contribution in [3.05, 3.63) is 175 Å². The molecule has 3 fully saturated rings. The largest absolute Gasteiger partial charge is 0.482 e. The summed E-state index contributed by atoms with van der Waals surface area (Å²) >= 11 is 36.9. The first kappa shape index (κ1) is 72.2. The zero-order valence-corrected chi connectivity index (χ0v) is 58.6. The Labute approximate surface area is 589 Å². The summed E-state index contributed by atoms with van der Waals surface area (Å²) in [6, 6.07) is 13.3. The topological polar surface area (TPSA) is 268 Å². The molecule has 3 saturated heterocycles. The van der Waals surface area contributed by atoms with E-state index < -0.39 is 45.6 Å². The average molecular weight is 1470 g/mol. The number of sulfone groups is 1. The summed E-state index contributed by atoms with van der Waals surface area (Å²) in [5.41, 5.74) is 23.8. The fraction of sp³-hybridized carbons (Fsp3) is 0.348. The zero-order chi connectivity index (χ0) is 69.6. The lowest BCUT2D eigenvalue weighted by atomic mass is 10.00. The molecular weight excluding hydrogens is 1400 g/mol. The van der Waals surface area contributed by atoms with Crippen molar-refractivity contribution < 1.29 is 40.6 Å². The summed E-state index contributed by atoms with van der Waals surface area (Å²) in [6.45, 7) is 9.69. The number of pyridine rings is 3. The SMILES string of the molecule is CC(Oc1cc(-c2cnn(C3CCCS(=O)(=O)C3)c2)cnc1N)c1c(Cl)ccc(F)c1Cl.CC(Oc1cc(-c2cnn(C3CCNCC3)c2)cnc1N)c1c(Cl)ccc(F)c1Cl.CC(Oc1cc(-c2cnn(CC3CN(C(=O)CN(C)C)C3)c2)cnc1N)c1c(Cl)ccc(F)c1Cl. The van der Waals surface area contributed by atoms with E-state index in [1.807, 2.05) is 51.8 Å². The lowest BCUT2D eigenvalue weighted by Crippen LogP contribution is -2.53. The summed E-state index contributed by atoms with van der Waals surface area (Å²) in [5.74, 6) is 0.594. The summed E-state index contributed by atoms with van der Waals surface area (Å²) < 4.78 is 89.1. The van der Waals surface area contributed by atoms with Crippen molar-refractivity contribution in [1.29, 1.82) is 0 Å². The Morgan fingerprint density at radius 2 is 0.990 bits per heavy atom. The number of rotatable bonds is 18. The molecule has 1 amide bonds. The Morgan fingerprint density at radius 3 is 1.40 bits per heavy atom. The van der Waals surface area contributed by atoms with Gasteiger partial charge in [-0.05, 0) is 128 Å². The molecule has 0 bridgehead atoms. The molecule has 31 heteroatoms. The van der Waals surface area contributed by atoms with Crippen LogP contribution in [0.5, 0.6) is 17.2 Å². The summed E-state index contributed by atoms with van der Waals surface area (Å²) in [5, 5.41) is 17.3. The van der Waals surface area contributed by atoms with E-state index in [9.17, 15) is 26.4 Å². The minimum Gasteiger partial charge on any atom is -0.482 e. The predicted octanol–water partition coefficient (Wildman–Crippen LogP) is 14.0. The molecular formula is C66H70Cl6F3N15O6S. The van der Waals surface area contributed by atoms with Gasteiger partial charge >= 0.3 is 0 Å². The summed E-state index contributed by atoms with van der Waals surface area (Å²) in [7, 11) is 0.713. The van der Waals surface area contributed by atoms with Crippen LogP contribution in [0.2, 0.25) is 30.1 Å². The van der Waals surface area contributed by atoms with Crippen molar-refractivity contribution in [3.8, 4) is 50.6 Å². The predicted molar refractivity (Wildman–Crippen MR) is 373 cm³/mol. The molecule has 3 aliphatic rings. The fourth-order valence-electron chi connectivity index (χ4n) is 11.4. The Balaban J connectivity index is 0.000000158. The highest BCUT2D eigenvalue weighted by Gasteiger charge is 2.32.